The third kappa shape index (κ3) is 4.44. The summed E-state index contributed by atoms with van der Waals surface area (Å²) in [5, 5.41) is 2.47. The largest absolute Gasteiger partial charge is 0.453 e. The molecule has 5 heteroatoms. The normalized spacial score (nSPS) is 11.6. The van der Waals surface area contributed by atoms with Gasteiger partial charge in [0.2, 0.25) is 0 Å². The zero-order chi connectivity index (χ0) is 12.7. The standard InChI is InChI=1S/C12H14ClNO3/c1-17-12(16)14-10(11(15)8-13)7-9-5-3-2-4-6-9/h2-6,10H,7-8H2,1H3,(H,14,16). The van der Waals surface area contributed by atoms with Crippen molar-refractivity contribution in [2.45, 2.75) is 12.5 Å². The summed E-state index contributed by atoms with van der Waals surface area (Å²) >= 11 is 5.50. The highest BCUT2D eigenvalue weighted by Gasteiger charge is 2.20. The first-order valence-electron chi connectivity index (χ1n) is 5.14. The van der Waals surface area contributed by atoms with Crippen LogP contribution in [0.5, 0.6) is 0 Å². The minimum atomic E-state index is -0.651. The molecule has 0 radical (unpaired) electrons. The Balaban J connectivity index is 2.70. The lowest BCUT2D eigenvalue weighted by Crippen LogP contribution is -2.43. The predicted octanol–water partition coefficient (Wildman–Crippen LogP) is 1.76. The number of alkyl halides is 1. The number of Topliss-reactive ketones (excluding diaryl/α,β-unsaturated/α-hetero) is 1. The average Bonchev–Trinajstić information content (AvgIpc) is 2.38. The second-order valence-electron chi connectivity index (χ2n) is 3.48. The van der Waals surface area contributed by atoms with Gasteiger partial charge in [0.05, 0.1) is 19.0 Å². The molecule has 1 aromatic rings. The van der Waals surface area contributed by atoms with Gasteiger partial charge in [-0.25, -0.2) is 4.79 Å². The van der Waals surface area contributed by atoms with Gasteiger partial charge < -0.3 is 10.1 Å². The van der Waals surface area contributed by atoms with Gasteiger partial charge in [-0.2, -0.15) is 0 Å². The van der Waals surface area contributed by atoms with Crippen LogP contribution in [0.3, 0.4) is 0 Å². The summed E-state index contributed by atoms with van der Waals surface area (Å²) in [6, 6.07) is 8.74. The van der Waals surface area contributed by atoms with Crippen molar-refractivity contribution in [3.63, 3.8) is 0 Å². The lowest BCUT2D eigenvalue weighted by molar-refractivity contribution is -0.118. The fourth-order valence-electron chi connectivity index (χ4n) is 1.39. The number of nitrogens with one attached hydrogen (secondary N) is 1. The number of amides is 1. The van der Waals surface area contributed by atoms with Crippen LogP contribution in [0.15, 0.2) is 30.3 Å². The third-order valence-corrected chi connectivity index (χ3v) is 2.54. The maximum absolute atomic E-state index is 11.6. The molecule has 17 heavy (non-hydrogen) atoms. The smallest absolute Gasteiger partial charge is 0.407 e. The second kappa shape index (κ2) is 6.91. The van der Waals surface area contributed by atoms with Gasteiger partial charge in [-0.1, -0.05) is 30.3 Å². The number of ketones is 1. The van der Waals surface area contributed by atoms with Gasteiger partial charge >= 0.3 is 6.09 Å². The zero-order valence-electron chi connectivity index (χ0n) is 9.48. The Kier molecular flexibility index (Phi) is 5.49. The minimum Gasteiger partial charge on any atom is -0.453 e. The molecular formula is C12H14ClNO3. The number of hydrogen-bond donors (Lipinski definition) is 1. The van der Waals surface area contributed by atoms with E-state index in [0.717, 1.165) is 5.56 Å². The highest BCUT2D eigenvalue weighted by Crippen LogP contribution is 2.05. The van der Waals surface area contributed by atoms with Crippen LogP contribution in [-0.2, 0) is 16.0 Å². The molecule has 0 fully saturated rings. The van der Waals surface area contributed by atoms with Gasteiger partial charge in [0, 0.05) is 0 Å². The summed E-state index contributed by atoms with van der Waals surface area (Å²) in [6.07, 6.45) is -0.231. The highest BCUT2D eigenvalue weighted by atomic mass is 35.5. The molecule has 4 nitrogen and oxygen atoms in total. The van der Waals surface area contributed by atoms with Gasteiger partial charge in [0.25, 0.3) is 0 Å². The number of rotatable bonds is 5. The first kappa shape index (κ1) is 13.5. The Morgan fingerprint density at radius 1 is 1.35 bits per heavy atom. The number of benzene rings is 1. The molecule has 0 saturated heterocycles. The number of carbonyl (C=O) groups is 2. The molecule has 1 amide bonds. The van der Waals surface area contributed by atoms with E-state index in [2.05, 4.69) is 10.1 Å². The monoisotopic (exact) mass is 255 g/mol. The Bertz CT molecular complexity index is 381. The molecule has 0 aliphatic carbocycles. The summed E-state index contributed by atoms with van der Waals surface area (Å²) in [4.78, 5) is 22.7. The van der Waals surface area contributed by atoms with Crippen LogP contribution in [0.1, 0.15) is 5.56 Å². The number of alkyl carbamates (subject to hydrolysis) is 1. The van der Waals surface area contributed by atoms with Crippen LogP contribution in [0.4, 0.5) is 4.79 Å². The molecule has 0 spiro atoms. The molecule has 0 aliphatic rings. The molecule has 1 unspecified atom stereocenters. The molecule has 0 heterocycles. The van der Waals surface area contributed by atoms with Gasteiger partial charge in [-0.15, -0.1) is 11.6 Å². The summed E-state index contributed by atoms with van der Waals surface area (Å²) in [6.45, 7) is 0. The van der Waals surface area contributed by atoms with Gasteiger partial charge in [-0.05, 0) is 12.0 Å². The second-order valence-corrected chi connectivity index (χ2v) is 3.75. The van der Waals surface area contributed by atoms with E-state index in [4.69, 9.17) is 11.6 Å². The van der Waals surface area contributed by atoms with Crippen molar-refractivity contribution in [3.8, 4) is 0 Å². The van der Waals surface area contributed by atoms with Crippen LogP contribution in [0.2, 0.25) is 0 Å². The predicted molar refractivity (Wildman–Crippen MR) is 65.2 cm³/mol. The number of halogens is 1. The van der Waals surface area contributed by atoms with Crippen molar-refractivity contribution < 1.29 is 14.3 Å². The van der Waals surface area contributed by atoms with Crippen molar-refractivity contribution in [2.75, 3.05) is 13.0 Å². The van der Waals surface area contributed by atoms with Crippen LogP contribution in [-0.4, -0.2) is 30.9 Å². The zero-order valence-corrected chi connectivity index (χ0v) is 10.2. The maximum Gasteiger partial charge on any atom is 0.407 e. The summed E-state index contributed by atoms with van der Waals surface area (Å²) in [5.41, 5.74) is 0.951. The summed E-state index contributed by atoms with van der Waals surface area (Å²) in [5.74, 6) is -0.373. The molecule has 1 aromatic carbocycles. The van der Waals surface area contributed by atoms with Crippen LogP contribution >= 0.6 is 11.6 Å². The van der Waals surface area contributed by atoms with Gasteiger partial charge in [0.1, 0.15) is 0 Å². The molecule has 0 bridgehead atoms. The molecule has 0 saturated carbocycles. The van der Waals surface area contributed by atoms with E-state index in [0.29, 0.717) is 6.42 Å². The van der Waals surface area contributed by atoms with Gasteiger partial charge in [0.15, 0.2) is 5.78 Å². The third-order valence-electron chi connectivity index (χ3n) is 2.28. The van der Waals surface area contributed by atoms with E-state index in [1.807, 2.05) is 30.3 Å². The number of hydrogen-bond acceptors (Lipinski definition) is 3. The minimum absolute atomic E-state index is 0.137. The van der Waals surface area contributed by atoms with Crippen molar-refractivity contribution >= 4 is 23.5 Å². The molecule has 1 rings (SSSR count). The van der Waals surface area contributed by atoms with Gasteiger partial charge in [-0.3, -0.25) is 4.79 Å². The SMILES string of the molecule is COC(=O)NC(Cc1ccccc1)C(=O)CCl. The van der Waals surface area contributed by atoms with E-state index in [9.17, 15) is 9.59 Å². The van der Waals surface area contributed by atoms with E-state index in [-0.39, 0.29) is 11.7 Å². The fraction of sp³-hybridized carbons (Fsp3) is 0.333. The number of carbonyl (C=O) groups excluding carboxylic acids is 2. The van der Waals surface area contributed by atoms with Crippen molar-refractivity contribution in [1.29, 1.82) is 0 Å². The van der Waals surface area contributed by atoms with E-state index < -0.39 is 12.1 Å². The molecule has 92 valence electrons. The van der Waals surface area contributed by atoms with Crippen LogP contribution in [0, 0.1) is 0 Å². The fourth-order valence-corrected chi connectivity index (χ4v) is 1.58. The number of methoxy groups -OCH3 is 1. The molecule has 0 aliphatic heterocycles. The van der Waals surface area contributed by atoms with Crippen molar-refractivity contribution in [3.05, 3.63) is 35.9 Å². The molecule has 1 N–H and O–H groups in total. The topological polar surface area (TPSA) is 55.4 Å². The number of ether oxygens (including phenoxy) is 1. The van der Waals surface area contributed by atoms with Crippen molar-refractivity contribution in [2.24, 2.45) is 0 Å². The molecule has 0 aromatic heterocycles. The molecular weight excluding hydrogens is 242 g/mol. The first-order chi connectivity index (χ1) is 8.17. The van der Waals surface area contributed by atoms with E-state index in [1.165, 1.54) is 7.11 Å². The average molecular weight is 256 g/mol. The lowest BCUT2D eigenvalue weighted by atomic mass is 10.0. The Labute approximate surface area is 105 Å². The highest BCUT2D eigenvalue weighted by molar-refractivity contribution is 6.28. The molecule has 1 atom stereocenters. The lowest BCUT2D eigenvalue weighted by Gasteiger charge is -2.15. The van der Waals surface area contributed by atoms with E-state index in [1.54, 1.807) is 0 Å². The van der Waals surface area contributed by atoms with E-state index >= 15 is 0 Å². The first-order valence-corrected chi connectivity index (χ1v) is 5.68. The van der Waals surface area contributed by atoms with Crippen molar-refractivity contribution in [1.82, 2.24) is 5.32 Å². The quantitative estimate of drug-likeness (QED) is 0.816. The summed E-state index contributed by atoms with van der Waals surface area (Å²) in [7, 11) is 1.25. The maximum atomic E-state index is 11.6. The van der Waals surface area contributed by atoms with Crippen LogP contribution in [0.25, 0.3) is 0 Å². The Morgan fingerprint density at radius 3 is 2.53 bits per heavy atom. The Hall–Kier alpha value is -1.55. The van der Waals surface area contributed by atoms with Crippen LogP contribution < -0.4 is 5.32 Å². The summed E-state index contributed by atoms with van der Waals surface area (Å²) < 4.78 is 4.47. The Morgan fingerprint density at radius 2 is 2.00 bits per heavy atom.